The predicted molar refractivity (Wildman–Crippen MR) is 43.0 cm³/mol. The van der Waals surface area contributed by atoms with Crippen LogP contribution in [-0.4, -0.2) is 17.1 Å². The largest absolute Gasteiger partial charge is 0.357 e. The maximum Gasteiger partial charge on any atom is 0.246 e. The number of nitrogens with zero attached hydrogens (tertiary/aromatic N) is 1. The maximum atomic E-state index is 11.2. The molecule has 1 amide bonds. The Morgan fingerprint density at radius 2 is 2.33 bits per heavy atom. The fourth-order valence-electron chi connectivity index (χ4n) is 1.12. The van der Waals surface area contributed by atoms with Crippen molar-refractivity contribution >= 4 is 17.4 Å². The third kappa shape index (κ3) is 0.861. The van der Waals surface area contributed by atoms with Gasteiger partial charge >= 0.3 is 0 Å². The molecule has 0 radical (unpaired) electrons. The number of nitrogens with one attached hydrogen (secondary N) is 2. The molecule has 2 rings (SSSR count). The lowest BCUT2D eigenvalue weighted by Gasteiger charge is -2.19. The minimum absolute atomic E-state index is 0.0613. The molecule has 5 heteroatoms. The average molecular weight is 167 g/mol. The van der Waals surface area contributed by atoms with Gasteiger partial charge in [0.25, 0.3) is 0 Å². The van der Waals surface area contributed by atoms with Crippen LogP contribution < -0.4 is 10.6 Å². The molecule has 1 atom stereocenters. The number of aryl methyl sites for hydroxylation is 1. The molecule has 12 heavy (non-hydrogen) atoms. The Balaban J connectivity index is 2.43. The van der Waals surface area contributed by atoms with Crippen molar-refractivity contribution in [3.05, 3.63) is 5.76 Å². The van der Waals surface area contributed by atoms with E-state index in [1.807, 2.05) is 0 Å². The summed E-state index contributed by atoms with van der Waals surface area (Å²) in [4.78, 5) is 11.2. The number of aromatic nitrogens is 1. The van der Waals surface area contributed by atoms with Crippen molar-refractivity contribution in [2.24, 2.45) is 0 Å². The lowest BCUT2D eigenvalue weighted by molar-refractivity contribution is -0.116. The number of hydrogen-bond acceptors (Lipinski definition) is 4. The van der Waals surface area contributed by atoms with Crippen LogP contribution in [0.5, 0.6) is 0 Å². The molecule has 0 spiro atoms. The van der Waals surface area contributed by atoms with Crippen LogP contribution >= 0.6 is 0 Å². The molecule has 0 aromatic carbocycles. The van der Waals surface area contributed by atoms with Gasteiger partial charge in [-0.05, 0) is 13.8 Å². The molecule has 5 nitrogen and oxygen atoms in total. The number of carbonyl (C=O) groups is 1. The molecule has 1 aromatic rings. The van der Waals surface area contributed by atoms with Crippen LogP contribution in [0.2, 0.25) is 0 Å². The van der Waals surface area contributed by atoms with E-state index in [2.05, 4.69) is 15.8 Å². The van der Waals surface area contributed by atoms with Crippen LogP contribution in [0.3, 0.4) is 0 Å². The van der Waals surface area contributed by atoms with Gasteiger partial charge in [-0.25, -0.2) is 0 Å². The van der Waals surface area contributed by atoms with E-state index in [9.17, 15) is 4.79 Å². The average Bonchev–Trinajstić information content (AvgIpc) is 2.35. The van der Waals surface area contributed by atoms with Gasteiger partial charge in [0.05, 0.1) is 0 Å². The molecular weight excluding hydrogens is 158 g/mol. The van der Waals surface area contributed by atoms with Gasteiger partial charge in [-0.3, -0.25) is 4.79 Å². The van der Waals surface area contributed by atoms with Crippen molar-refractivity contribution in [3.8, 4) is 0 Å². The molecule has 2 heterocycles. The van der Waals surface area contributed by atoms with Crippen molar-refractivity contribution in [1.82, 2.24) is 5.16 Å². The lowest BCUT2D eigenvalue weighted by atomic mass is 10.2. The maximum absolute atomic E-state index is 11.2. The number of amides is 1. The second-order valence-electron chi connectivity index (χ2n) is 2.82. The summed E-state index contributed by atoms with van der Waals surface area (Å²) in [6, 6.07) is -0.248. The predicted octanol–water partition coefficient (Wildman–Crippen LogP) is 0.736. The lowest BCUT2D eigenvalue weighted by Crippen LogP contribution is -2.36. The van der Waals surface area contributed by atoms with E-state index in [1.165, 1.54) is 0 Å². The second kappa shape index (κ2) is 2.23. The first kappa shape index (κ1) is 7.15. The Labute approximate surface area is 69.1 Å². The summed E-state index contributed by atoms with van der Waals surface area (Å²) in [5.41, 5.74) is 0.651. The van der Waals surface area contributed by atoms with Gasteiger partial charge in [0, 0.05) is 0 Å². The Bertz CT molecular complexity index is 331. The number of fused-ring (bicyclic) bond motifs is 1. The Morgan fingerprint density at radius 3 is 3.08 bits per heavy atom. The Morgan fingerprint density at radius 1 is 1.58 bits per heavy atom. The minimum atomic E-state index is -0.248. The van der Waals surface area contributed by atoms with E-state index in [-0.39, 0.29) is 11.9 Å². The van der Waals surface area contributed by atoms with E-state index in [0.29, 0.717) is 17.3 Å². The third-order valence-corrected chi connectivity index (χ3v) is 1.86. The van der Waals surface area contributed by atoms with Gasteiger partial charge in [-0.2, -0.15) is 0 Å². The first-order valence-corrected chi connectivity index (χ1v) is 3.72. The van der Waals surface area contributed by atoms with Crippen molar-refractivity contribution < 1.29 is 9.32 Å². The fraction of sp³-hybridized carbons (Fsp3) is 0.429. The molecule has 1 aromatic heterocycles. The first-order valence-electron chi connectivity index (χ1n) is 3.72. The molecule has 1 aliphatic heterocycles. The SMILES string of the molecule is Cc1onc2c1NC(=O)C(C)N2. The standard InChI is InChI=1S/C7H9N3O2/c1-3-7(11)9-5-4(2)12-10-6(5)8-3/h3H,1-2H3,(H,8,10)(H,9,11). The van der Waals surface area contributed by atoms with E-state index < -0.39 is 0 Å². The van der Waals surface area contributed by atoms with Crippen molar-refractivity contribution in [2.45, 2.75) is 19.9 Å². The molecule has 0 saturated heterocycles. The van der Waals surface area contributed by atoms with Crippen LogP contribution in [0, 0.1) is 6.92 Å². The quantitative estimate of drug-likeness (QED) is 0.598. The minimum Gasteiger partial charge on any atom is -0.357 e. The van der Waals surface area contributed by atoms with Crippen molar-refractivity contribution in [1.29, 1.82) is 0 Å². The summed E-state index contributed by atoms with van der Waals surface area (Å²) < 4.78 is 4.89. The van der Waals surface area contributed by atoms with Gasteiger partial charge in [-0.15, -0.1) is 0 Å². The number of hydrogen-bond donors (Lipinski definition) is 2. The zero-order chi connectivity index (χ0) is 8.72. The zero-order valence-corrected chi connectivity index (χ0v) is 6.84. The molecule has 0 fully saturated rings. The van der Waals surface area contributed by atoms with Gasteiger partial charge in [-0.1, -0.05) is 5.16 Å². The summed E-state index contributed by atoms with van der Waals surface area (Å²) in [7, 11) is 0. The molecule has 0 saturated carbocycles. The second-order valence-corrected chi connectivity index (χ2v) is 2.82. The van der Waals surface area contributed by atoms with Crippen LogP contribution in [0.1, 0.15) is 12.7 Å². The number of rotatable bonds is 0. The molecule has 0 aliphatic carbocycles. The smallest absolute Gasteiger partial charge is 0.246 e. The van der Waals surface area contributed by atoms with E-state index in [1.54, 1.807) is 13.8 Å². The number of carbonyl (C=O) groups excluding carboxylic acids is 1. The van der Waals surface area contributed by atoms with Crippen molar-refractivity contribution in [2.75, 3.05) is 10.6 Å². The van der Waals surface area contributed by atoms with E-state index in [4.69, 9.17) is 4.52 Å². The topological polar surface area (TPSA) is 67.2 Å². The van der Waals surface area contributed by atoms with Crippen LogP contribution in [0.15, 0.2) is 4.52 Å². The van der Waals surface area contributed by atoms with E-state index >= 15 is 0 Å². The third-order valence-electron chi connectivity index (χ3n) is 1.86. The molecule has 64 valence electrons. The highest BCUT2D eigenvalue weighted by Gasteiger charge is 2.25. The monoisotopic (exact) mass is 167 g/mol. The summed E-state index contributed by atoms with van der Waals surface area (Å²) in [5.74, 6) is 1.17. The van der Waals surface area contributed by atoms with Gasteiger partial charge in [0.15, 0.2) is 11.6 Å². The molecular formula is C7H9N3O2. The Hall–Kier alpha value is -1.52. The molecule has 0 bridgehead atoms. The highest BCUT2D eigenvalue weighted by Crippen LogP contribution is 2.28. The van der Waals surface area contributed by atoms with Crippen LogP contribution in [-0.2, 0) is 4.79 Å². The summed E-state index contributed by atoms with van der Waals surface area (Å²) in [5, 5.41) is 9.35. The highest BCUT2D eigenvalue weighted by molar-refractivity contribution is 6.02. The summed E-state index contributed by atoms with van der Waals surface area (Å²) >= 11 is 0. The zero-order valence-electron chi connectivity index (χ0n) is 6.84. The normalized spacial score (nSPS) is 21.2. The van der Waals surface area contributed by atoms with Gasteiger partial charge < -0.3 is 15.2 Å². The number of anilines is 2. The summed E-state index contributed by atoms with van der Waals surface area (Å²) in [6.45, 7) is 3.52. The summed E-state index contributed by atoms with van der Waals surface area (Å²) in [6.07, 6.45) is 0. The van der Waals surface area contributed by atoms with Gasteiger partial charge in [0.1, 0.15) is 11.7 Å². The molecule has 1 unspecified atom stereocenters. The highest BCUT2D eigenvalue weighted by atomic mass is 16.5. The Kier molecular flexibility index (Phi) is 1.33. The van der Waals surface area contributed by atoms with Gasteiger partial charge in [0.2, 0.25) is 5.91 Å². The van der Waals surface area contributed by atoms with Crippen molar-refractivity contribution in [3.63, 3.8) is 0 Å². The van der Waals surface area contributed by atoms with E-state index in [0.717, 1.165) is 0 Å². The fourth-order valence-corrected chi connectivity index (χ4v) is 1.12. The van der Waals surface area contributed by atoms with Crippen LogP contribution in [0.4, 0.5) is 11.5 Å². The first-order chi connectivity index (χ1) is 5.68. The molecule has 1 aliphatic rings. The van der Waals surface area contributed by atoms with Crippen LogP contribution in [0.25, 0.3) is 0 Å². The molecule has 2 N–H and O–H groups in total.